The maximum atomic E-state index is 12.0. The molecular weight excluding hydrogens is 224 g/mol. The third-order valence-corrected chi connectivity index (χ3v) is 3.00. The summed E-state index contributed by atoms with van der Waals surface area (Å²) >= 11 is 0. The van der Waals surface area contributed by atoms with Crippen LogP contribution in [0.1, 0.15) is 46.6 Å². The smallest absolute Gasteiger partial charge is 0.315 e. The molecule has 2 amide bonds. The van der Waals surface area contributed by atoms with Crippen molar-refractivity contribution >= 4 is 6.03 Å². The molecule has 3 nitrogen and oxygen atoms in total. The van der Waals surface area contributed by atoms with Gasteiger partial charge in [-0.1, -0.05) is 37.3 Å². The van der Waals surface area contributed by atoms with E-state index in [1.807, 2.05) is 58.0 Å². The van der Waals surface area contributed by atoms with Crippen LogP contribution in [-0.2, 0) is 5.54 Å². The van der Waals surface area contributed by atoms with E-state index in [0.717, 1.165) is 12.0 Å². The lowest BCUT2D eigenvalue weighted by molar-refractivity contribution is 0.217. The fourth-order valence-electron chi connectivity index (χ4n) is 1.79. The second kappa shape index (κ2) is 5.42. The van der Waals surface area contributed by atoms with Crippen molar-refractivity contribution in [2.45, 2.75) is 52.1 Å². The van der Waals surface area contributed by atoms with Crippen LogP contribution in [0.3, 0.4) is 0 Å². The van der Waals surface area contributed by atoms with Gasteiger partial charge in [-0.05, 0) is 39.7 Å². The molecule has 1 unspecified atom stereocenters. The molecule has 0 aromatic heterocycles. The van der Waals surface area contributed by atoms with E-state index in [-0.39, 0.29) is 17.1 Å². The Bertz CT molecular complexity index is 395. The number of carbonyl (C=O) groups excluding carboxylic acids is 1. The van der Waals surface area contributed by atoms with E-state index >= 15 is 0 Å². The van der Waals surface area contributed by atoms with E-state index in [1.165, 1.54) is 0 Å². The number of rotatable bonds is 3. The summed E-state index contributed by atoms with van der Waals surface area (Å²) in [6, 6.07) is 9.92. The first-order valence-electron chi connectivity index (χ1n) is 6.43. The molecule has 0 spiro atoms. The second-order valence-corrected chi connectivity index (χ2v) is 5.88. The summed E-state index contributed by atoms with van der Waals surface area (Å²) in [5, 5.41) is 5.99. The second-order valence-electron chi connectivity index (χ2n) is 5.88. The van der Waals surface area contributed by atoms with E-state index < -0.39 is 0 Å². The SMILES string of the molecule is CCC(C)(NC(=O)NC(C)(C)C)c1ccccc1. The van der Waals surface area contributed by atoms with Gasteiger partial charge in [-0.25, -0.2) is 4.79 Å². The van der Waals surface area contributed by atoms with E-state index in [0.29, 0.717) is 0 Å². The van der Waals surface area contributed by atoms with Gasteiger partial charge in [0.15, 0.2) is 0 Å². The predicted octanol–water partition coefficient (Wildman–Crippen LogP) is 3.41. The van der Waals surface area contributed by atoms with Crippen LogP contribution in [0.4, 0.5) is 4.79 Å². The van der Waals surface area contributed by atoms with Crippen molar-refractivity contribution < 1.29 is 4.79 Å². The number of amides is 2. The van der Waals surface area contributed by atoms with Gasteiger partial charge in [-0.15, -0.1) is 0 Å². The van der Waals surface area contributed by atoms with Crippen LogP contribution in [-0.4, -0.2) is 11.6 Å². The third kappa shape index (κ3) is 4.06. The largest absolute Gasteiger partial charge is 0.334 e. The zero-order valence-corrected chi connectivity index (χ0v) is 12.0. The van der Waals surface area contributed by atoms with Gasteiger partial charge in [-0.2, -0.15) is 0 Å². The fourth-order valence-corrected chi connectivity index (χ4v) is 1.79. The Kier molecular flexibility index (Phi) is 4.38. The molecular formula is C15H24N2O. The zero-order valence-electron chi connectivity index (χ0n) is 12.0. The van der Waals surface area contributed by atoms with Gasteiger partial charge in [0.05, 0.1) is 5.54 Å². The topological polar surface area (TPSA) is 41.1 Å². The molecule has 1 aromatic rings. The molecule has 0 radical (unpaired) electrons. The van der Waals surface area contributed by atoms with Gasteiger partial charge < -0.3 is 10.6 Å². The molecule has 0 saturated carbocycles. The Morgan fingerprint density at radius 3 is 2.06 bits per heavy atom. The summed E-state index contributed by atoms with van der Waals surface area (Å²) in [4.78, 5) is 12.0. The number of nitrogens with one attached hydrogen (secondary N) is 2. The Hall–Kier alpha value is -1.51. The van der Waals surface area contributed by atoms with Gasteiger partial charge in [0.25, 0.3) is 0 Å². The molecule has 1 aromatic carbocycles. The summed E-state index contributed by atoms with van der Waals surface area (Å²) in [5.74, 6) is 0. The molecule has 100 valence electrons. The summed E-state index contributed by atoms with van der Waals surface area (Å²) < 4.78 is 0. The minimum atomic E-state index is -0.337. The van der Waals surface area contributed by atoms with Crippen LogP contribution in [0.2, 0.25) is 0 Å². The van der Waals surface area contributed by atoms with Gasteiger partial charge in [0.2, 0.25) is 0 Å². The van der Waals surface area contributed by atoms with Crippen molar-refractivity contribution in [1.29, 1.82) is 0 Å². The van der Waals surface area contributed by atoms with Crippen molar-refractivity contribution in [3.8, 4) is 0 Å². The first-order chi connectivity index (χ1) is 8.27. The first-order valence-corrected chi connectivity index (χ1v) is 6.43. The number of urea groups is 1. The van der Waals surface area contributed by atoms with Crippen LogP contribution in [0.25, 0.3) is 0 Å². The highest BCUT2D eigenvalue weighted by Gasteiger charge is 2.27. The lowest BCUT2D eigenvalue weighted by atomic mass is 9.89. The van der Waals surface area contributed by atoms with Crippen LogP contribution >= 0.6 is 0 Å². The fraction of sp³-hybridized carbons (Fsp3) is 0.533. The summed E-state index contributed by atoms with van der Waals surface area (Å²) in [6.07, 6.45) is 0.842. The highest BCUT2D eigenvalue weighted by atomic mass is 16.2. The van der Waals surface area contributed by atoms with E-state index in [2.05, 4.69) is 17.6 Å². The molecule has 0 saturated heterocycles. The molecule has 0 bridgehead atoms. The summed E-state index contributed by atoms with van der Waals surface area (Å²) in [5.41, 5.74) is 0.558. The average Bonchev–Trinajstić information content (AvgIpc) is 2.27. The maximum Gasteiger partial charge on any atom is 0.315 e. The first kappa shape index (κ1) is 14.6. The quantitative estimate of drug-likeness (QED) is 0.845. The van der Waals surface area contributed by atoms with Crippen LogP contribution in [0.15, 0.2) is 30.3 Å². The highest BCUT2D eigenvalue weighted by Crippen LogP contribution is 2.24. The van der Waals surface area contributed by atoms with E-state index in [9.17, 15) is 4.79 Å². The zero-order chi connectivity index (χ0) is 13.8. The number of hydrogen-bond donors (Lipinski definition) is 2. The lowest BCUT2D eigenvalue weighted by Crippen LogP contribution is -2.52. The summed E-state index contributed by atoms with van der Waals surface area (Å²) in [7, 11) is 0. The number of hydrogen-bond acceptors (Lipinski definition) is 1. The predicted molar refractivity (Wildman–Crippen MR) is 75.5 cm³/mol. The molecule has 0 aliphatic carbocycles. The molecule has 18 heavy (non-hydrogen) atoms. The number of carbonyl (C=O) groups is 1. The number of benzene rings is 1. The van der Waals surface area contributed by atoms with Crippen LogP contribution < -0.4 is 10.6 Å². The Morgan fingerprint density at radius 2 is 1.61 bits per heavy atom. The summed E-state index contributed by atoms with van der Waals surface area (Å²) in [6.45, 7) is 10.0. The molecule has 1 atom stereocenters. The van der Waals surface area contributed by atoms with Crippen LogP contribution in [0, 0.1) is 0 Å². The molecule has 0 aliphatic heterocycles. The minimum Gasteiger partial charge on any atom is -0.334 e. The van der Waals surface area contributed by atoms with Gasteiger partial charge in [-0.3, -0.25) is 0 Å². The maximum absolute atomic E-state index is 12.0. The van der Waals surface area contributed by atoms with Gasteiger partial charge in [0, 0.05) is 5.54 Å². The standard InChI is InChI=1S/C15H24N2O/c1-6-15(5,12-10-8-7-9-11-12)17-13(18)16-14(2,3)4/h7-11H,6H2,1-5H3,(H2,16,17,18). The van der Waals surface area contributed by atoms with Crippen molar-refractivity contribution in [2.75, 3.05) is 0 Å². The van der Waals surface area contributed by atoms with Crippen molar-refractivity contribution in [1.82, 2.24) is 10.6 Å². The molecule has 2 N–H and O–H groups in total. The Labute approximate surface area is 110 Å². The minimum absolute atomic E-state index is 0.129. The van der Waals surface area contributed by atoms with Crippen molar-refractivity contribution in [3.05, 3.63) is 35.9 Å². The molecule has 0 fully saturated rings. The monoisotopic (exact) mass is 248 g/mol. The normalized spacial score (nSPS) is 14.7. The van der Waals surface area contributed by atoms with E-state index in [1.54, 1.807) is 0 Å². The van der Waals surface area contributed by atoms with Crippen molar-refractivity contribution in [3.63, 3.8) is 0 Å². The highest BCUT2D eigenvalue weighted by molar-refractivity contribution is 5.75. The molecule has 3 heteroatoms. The average molecular weight is 248 g/mol. The lowest BCUT2D eigenvalue weighted by Gasteiger charge is -2.32. The molecule has 1 rings (SSSR count). The van der Waals surface area contributed by atoms with Crippen LogP contribution in [0.5, 0.6) is 0 Å². The van der Waals surface area contributed by atoms with Crippen molar-refractivity contribution in [2.24, 2.45) is 0 Å². The molecule has 0 aliphatic rings. The van der Waals surface area contributed by atoms with Gasteiger partial charge >= 0.3 is 6.03 Å². The third-order valence-electron chi connectivity index (χ3n) is 3.00. The van der Waals surface area contributed by atoms with Gasteiger partial charge in [0.1, 0.15) is 0 Å². The molecule has 0 heterocycles. The Balaban J connectivity index is 2.81. The van der Waals surface area contributed by atoms with E-state index in [4.69, 9.17) is 0 Å². The Morgan fingerprint density at radius 1 is 1.06 bits per heavy atom.